The molecule has 1 aliphatic heterocycles. The van der Waals surface area contributed by atoms with E-state index < -0.39 is 0 Å². The Labute approximate surface area is 105 Å². The Morgan fingerprint density at radius 3 is 2.78 bits per heavy atom. The number of phenols is 1. The lowest BCUT2D eigenvalue weighted by Gasteiger charge is -2.19. The summed E-state index contributed by atoms with van der Waals surface area (Å²) in [4.78, 5) is 4.51. The van der Waals surface area contributed by atoms with Crippen LogP contribution < -0.4 is 0 Å². The predicted octanol–water partition coefficient (Wildman–Crippen LogP) is 1.21. The van der Waals surface area contributed by atoms with Crippen molar-refractivity contribution in [3.8, 4) is 17.1 Å². The number of aliphatic hydroxyl groups excluding tert-OH is 1. The van der Waals surface area contributed by atoms with E-state index in [1.54, 1.807) is 24.3 Å². The number of hydrogen-bond acceptors (Lipinski definition) is 4. The largest absolute Gasteiger partial charge is 0.508 e. The van der Waals surface area contributed by atoms with Gasteiger partial charge in [-0.25, -0.2) is 9.67 Å². The van der Waals surface area contributed by atoms with E-state index in [4.69, 9.17) is 0 Å². The van der Waals surface area contributed by atoms with E-state index in [1.807, 2.05) is 4.68 Å². The molecule has 5 nitrogen and oxygen atoms in total. The number of aromatic hydroxyl groups is 1. The standard InChI is InChI=1S/C13H15N3O2/c17-8-9-5-6-16-12(7-9)14-13(15-16)10-1-3-11(18)4-2-10/h1-4,9,17-18H,5-8H2. The van der Waals surface area contributed by atoms with Crippen molar-refractivity contribution in [1.82, 2.24) is 14.8 Å². The zero-order valence-electron chi connectivity index (χ0n) is 9.95. The van der Waals surface area contributed by atoms with Crippen LogP contribution in [0.5, 0.6) is 5.75 Å². The van der Waals surface area contributed by atoms with Crippen molar-refractivity contribution in [3.05, 3.63) is 30.1 Å². The van der Waals surface area contributed by atoms with Gasteiger partial charge in [-0.3, -0.25) is 0 Å². The van der Waals surface area contributed by atoms with Gasteiger partial charge in [0, 0.05) is 25.1 Å². The van der Waals surface area contributed by atoms with E-state index in [1.165, 1.54) is 0 Å². The first kappa shape index (κ1) is 11.2. The average Bonchev–Trinajstić information content (AvgIpc) is 2.82. The molecule has 1 atom stereocenters. The van der Waals surface area contributed by atoms with Crippen molar-refractivity contribution in [1.29, 1.82) is 0 Å². The molecule has 0 spiro atoms. The number of aliphatic hydroxyl groups is 1. The van der Waals surface area contributed by atoms with E-state index >= 15 is 0 Å². The van der Waals surface area contributed by atoms with Gasteiger partial charge in [0.05, 0.1) is 0 Å². The highest BCUT2D eigenvalue weighted by Crippen LogP contribution is 2.23. The highest BCUT2D eigenvalue weighted by atomic mass is 16.3. The van der Waals surface area contributed by atoms with Gasteiger partial charge >= 0.3 is 0 Å². The molecule has 5 heteroatoms. The molecule has 0 saturated carbocycles. The lowest BCUT2D eigenvalue weighted by atomic mass is 9.99. The van der Waals surface area contributed by atoms with E-state index in [2.05, 4.69) is 10.1 Å². The van der Waals surface area contributed by atoms with Crippen molar-refractivity contribution in [2.24, 2.45) is 5.92 Å². The number of phenolic OH excluding ortho intramolecular Hbond substituents is 1. The summed E-state index contributed by atoms with van der Waals surface area (Å²) in [7, 11) is 0. The number of rotatable bonds is 2. The molecule has 0 fully saturated rings. The monoisotopic (exact) mass is 245 g/mol. The number of fused-ring (bicyclic) bond motifs is 1. The first-order valence-electron chi connectivity index (χ1n) is 6.10. The van der Waals surface area contributed by atoms with Crippen LogP contribution in [0, 0.1) is 5.92 Å². The summed E-state index contributed by atoms with van der Waals surface area (Å²) in [6.45, 7) is 1.02. The third kappa shape index (κ3) is 1.97. The summed E-state index contributed by atoms with van der Waals surface area (Å²) in [6.07, 6.45) is 1.73. The van der Waals surface area contributed by atoms with Crippen molar-refractivity contribution in [2.75, 3.05) is 6.61 Å². The Balaban J connectivity index is 1.91. The van der Waals surface area contributed by atoms with Crippen molar-refractivity contribution >= 4 is 0 Å². The van der Waals surface area contributed by atoms with Crippen LogP contribution in [0.3, 0.4) is 0 Å². The molecule has 94 valence electrons. The molecular formula is C13H15N3O2. The zero-order chi connectivity index (χ0) is 12.5. The Hall–Kier alpha value is -1.88. The molecule has 1 aromatic carbocycles. The fourth-order valence-electron chi connectivity index (χ4n) is 2.26. The highest BCUT2D eigenvalue weighted by Gasteiger charge is 2.21. The fourth-order valence-corrected chi connectivity index (χ4v) is 2.26. The fraction of sp³-hybridized carbons (Fsp3) is 0.385. The van der Waals surface area contributed by atoms with Crippen LogP contribution in [0.25, 0.3) is 11.4 Å². The minimum absolute atomic E-state index is 0.210. The van der Waals surface area contributed by atoms with Gasteiger partial charge in [-0.05, 0) is 36.6 Å². The quantitative estimate of drug-likeness (QED) is 0.834. The lowest BCUT2D eigenvalue weighted by Crippen LogP contribution is -2.22. The second-order valence-corrected chi connectivity index (χ2v) is 4.66. The third-order valence-electron chi connectivity index (χ3n) is 3.35. The van der Waals surface area contributed by atoms with Gasteiger partial charge < -0.3 is 10.2 Å². The maximum Gasteiger partial charge on any atom is 0.181 e. The van der Waals surface area contributed by atoms with Gasteiger partial charge in [0.15, 0.2) is 5.82 Å². The highest BCUT2D eigenvalue weighted by molar-refractivity contribution is 5.55. The number of hydrogen-bond donors (Lipinski definition) is 2. The lowest BCUT2D eigenvalue weighted by molar-refractivity contribution is 0.196. The number of aromatic nitrogens is 3. The van der Waals surface area contributed by atoms with Gasteiger partial charge in [-0.2, -0.15) is 5.10 Å². The molecular weight excluding hydrogens is 230 g/mol. The van der Waals surface area contributed by atoms with Gasteiger partial charge in [-0.15, -0.1) is 0 Å². The summed E-state index contributed by atoms with van der Waals surface area (Å²) in [6, 6.07) is 6.87. The molecule has 0 radical (unpaired) electrons. The molecule has 3 rings (SSSR count). The summed E-state index contributed by atoms with van der Waals surface area (Å²) in [5.74, 6) is 2.16. The maximum absolute atomic E-state index is 9.26. The molecule has 2 heterocycles. The molecule has 1 aliphatic rings. The van der Waals surface area contributed by atoms with Crippen LogP contribution in [0.2, 0.25) is 0 Å². The molecule has 18 heavy (non-hydrogen) atoms. The molecule has 2 aromatic rings. The minimum atomic E-state index is 0.210. The summed E-state index contributed by atoms with van der Waals surface area (Å²) in [5.41, 5.74) is 0.898. The third-order valence-corrected chi connectivity index (χ3v) is 3.35. The van der Waals surface area contributed by atoms with Crippen LogP contribution in [0.1, 0.15) is 12.2 Å². The smallest absolute Gasteiger partial charge is 0.181 e. The van der Waals surface area contributed by atoms with Crippen LogP contribution in [-0.2, 0) is 13.0 Å². The number of aryl methyl sites for hydroxylation is 1. The van der Waals surface area contributed by atoms with Crippen LogP contribution in [-0.4, -0.2) is 31.6 Å². The van der Waals surface area contributed by atoms with Crippen LogP contribution in [0.4, 0.5) is 0 Å². The second kappa shape index (κ2) is 4.42. The molecule has 1 unspecified atom stereocenters. The van der Waals surface area contributed by atoms with E-state index in [9.17, 15) is 10.2 Å². The summed E-state index contributed by atoms with van der Waals surface area (Å²) in [5, 5.41) is 22.9. The van der Waals surface area contributed by atoms with Crippen LogP contribution in [0.15, 0.2) is 24.3 Å². The Kier molecular flexibility index (Phi) is 2.76. The van der Waals surface area contributed by atoms with E-state index in [0.717, 1.165) is 30.8 Å². The molecule has 1 aromatic heterocycles. The molecule has 2 N–H and O–H groups in total. The van der Waals surface area contributed by atoms with Gasteiger partial charge in [0.1, 0.15) is 11.6 Å². The van der Waals surface area contributed by atoms with Gasteiger partial charge in [0.25, 0.3) is 0 Å². The first-order chi connectivity index (χ1) is 8.76. The van der Waals surface area contributed by atoms with Crippen LogP contribution >= 0.6 is 0 Å². The first-order valence-corrected chi connectivity index (χ1v) is 6.10. The van der Waals surface area contributed by atoms with Crippen molar-refractivity contribution < 1.29 is 10.2 Å². The second-order valence-electron chi connectivity index (χ2n) is 4.66. The van der Waals surface area contributed by atoms with Crippen molar-refractivity contribution in [2.45, 2.75) is 19.4 Å². The Morgan fingerprint density at radius 2 is 2.06 bits per heavy atom. The maximum atomic E-state index is 9.26. The normalized spacial score (nSPS) is 18.6. The predicted molar refractivity (Wildman–Crippen MR) is 66.0 cm³/mol. The van der Waals surface area contributed by atoms with Gasteiger partial charge in [0.2, 0.25) is 0 Å². The Morgan fingerprint density at radius 1 is 1.28 bits per heavy atom. The van der Waals surface area contributed by atoms with Crippen molar-refractivity contribution in [3.63, 3.8) is 0 Å². The SMILES string of the molecule is OCC1CCn2nc(-c3ccc(O)cc3)nc2C1. The van der Waals surface area contributed by atoms with E-state index in [0.29, 0.717) is 11.7 Å². The summed E-state index contributed by atoms with van der Waals surface area (Å²) >= 11 is 0. The average molecular weight is 245 g/mol. The zero-order valence-corrected chi connectivity index (χ0v) is 9.95. The van der Waals surface area contributed by atoms with Gasteiger partial charge in [-0.1, -0.05) is 0 Å². The number of benzene rings is 1. The molecule has 0 aliphatic carbocycles. The molecule has 0 bridgehead atoms. The molecule has 0 saturated heterocycles. The number of nitrogens with zero attached hydrogens (tertiary/aromatic N) is 3. The Bertz CT molecular complexity index is 548. The summed E-state index contributed by atoms with van der Waals surface area (Å²) < 4.78 is 1.91. The van der Waals surface area contributed by atoms with E-state index in [-0.39, 0.29) is 12.4 Å². The minimum Gasteiger partial charge on any atom is -0.508 e. The topological polar surface area (TPSA) is 71.2 Å². The molecule has 0 amide bonds.